The Hall–Kier alpha value is -2.63. The van der Waals surface area contributed by atoms with Crippen LogP contribution in [0, 0.1) is 0 Å². The molecule has 1 aliphatic heterocycles. The van der Waals surface area contributed by atoms with Crippen LogP contribution in [0.1, 0.15) is 34.8 Å². The lowest BCUT2D eigenvalue weighted by Gasteiger charge is -2.25. The Balaban J connectivity index is 1.87. The largest absolute Gasteiger partial charge is 0.493 e. The molecule has 0 radical (unpaired) electrons. The van der Waals surface area contributed by atoms with Gasteiger partial charge in [0, 0.05) is 12.1 Å². The van der Waals surface area contributed by atoms with Crippen molar-refractivity contribution in [3.63, 3.8) is 0 Å². The summed E-state index contributed by atoms with van der Waals surface area (Å²) in [5.74, 6) is -0.176. The third kappa shape index (κ3) is 3.73. The van der Waals surface area contributed by atoms with E-state index in [2.05, 4.69) is 4.74 Å². The van der Waals surface area contributed by atoms with E-state index in [9.17, 15) is 13.6 Å². The smallest absolute Gasteiger partial charge is 0.387 e. The number of carbonyl (C=O) groups excluding carboxylic acids is 1. The summed E-state index contributed by atoms with van der Waals surface area (Å²) >= 11 is 0. The zero-order chi connectivity index (χ0) is 17.8. The third-order valence-electron chi connectivity index (χ3n) is 4.32. The van der Waals surface area contributed by atoms with Gasteiger partial charge < -0.3 is 14.4 Å². The van der Waals surface area contributed by atoms with E-state index in [0.29, 0.717) is 12.1 Å². The van der Waals surface area contributed by atoms with Gasteiger partial charge in [-0.25, -0.2) is 0 Å². The summed E-state index contributed by atoms with van der Waals surface area (Å²) in [5, 5.41) is 0. The van der Waals surface area contributed by atoms with E-state index in [4.69, 9.17) is 4.74 Å². The first-order valence-electron chi connectivity index (χ1n) is 8.09. The zero-order valence-corrected chi connectivity index (χ0v) is 13.8. The van der Waals surface area contributed by atoms with Gasteiger partial charge in [-0.05, 0) is 36.6 Å². The average Bonchev–Trinajstić information content (AvgIpc) is 3.11. The summed E-state index contributed by atoms with van der Waals surface area (Å²) in [5.41, 5.74) is 1.38. The van der Waals surface area contributed by atoms with E-state index in [1.54, 1.807) is 11.0 Å². The summed E-state index contributed by atoms with van der Waals surface area (Å²) in [4.78, 5) is 14.7. The molecule has 2 aromatic rings. The molecule has 1 amide bonds. The average molecular weight is 347 g/mol. The van der Waals surface area contributed by atoms with Gasteiger partial charge in [0.2, 0.25) is 0 Å². The van der Waals surface area contributed by atoms with Gasteiger partial charge in [0.1, 0.15) is 0 Å². The summed E-state index contributed by atoms with van der Waals surface area (Å²) in [6.45, 7) is -2.35. The first kappa shape index (κ1) is 17.2. The summed E-state index contributed by atoms with van der Waals surface area (Å²) in [6.07, 6.45) is 1.79. The number of hydrogen-bond donors (Lipinski definition) is 0. The molecular weight excluding hydrogens is 328 g/mol. The third-order valence-corrected chi connectivity index (χ3v) is 4.32. The van der Waals surface area contributed by atoms with Crippen molar-refractivity contribution in [1.82, 2.24) is 4.90 Å². The Bertz CT molecular complexity index is 737. The normalized spacial score (nSPS) is 17.0. The van der Waals surface area contributed by atoms with Gasteiger partial charge in [-0.3, -0.25) is 4.79 Å². The van der Waals surface area contributed by atoms with Crippen molar-refractivity contribution in [2.45, 2.75) is 25.5 Å². The van der Waals surface area contributed by atoms with Crippen LogP contribution < -0.4 is 9.47 Å². The Morgan fingerprint density at radius 2 is 1.92 bits per heavy atom. The van der Waals surface area contributed by atoms with Crippen molar-refractivity contribution in [3.05, 3.63) is 59.7 Å². The van der Waals surface area contributed by atoms with Crippen LogP contribution in [-0.4, -0.2) is 31.1 Å². The monoisotopic (exact) mass is 347 g/mol. The number of methoxy groups -OCH3 is 1. The molecule has 3 rings (SSSR count). The molecule has 4 nitrogen and oxygen atoms in total. The van der Waals surface area contributed by atoms with E-state index >= 15 is 0 Å². The molecule has 0 aliphatic carbocycles. The molecule has 1 saturated heterocycles. The fourth-order valence-corrected chi connectivity index (χ4v) is 3.20. The molecular formula is C19H19F2NO3. The molecule has 1 unspecified atom stereocenters. The molecule has 1 atom stereocenters. The van der Waals surface area contributed by atoms with E-state index in [1.807, 2.05) is 30.3 Å². The van der Waals surface area contributed by atoms with Gasteiger partial charge in [-0.1, -0.05) is 30.3 Å². The van der Waals surface area contributed by atoms with Gasteiger partial charge in [0.05, 0.1) is 13.2 Å². The van der Waals surface area contributed by atoms with Crippen LogP contribution in [0.3, 0.4) is 0 Å². The van der Waals surface area contributed by atoms with Crippen LogP contribution in [0.5, 0.6) is 11.5 Å². The molecule has 2 aromatic carbocycles. The number of benzene rings is 2. The lowest BCUT2D eigenvalue weighted by Crippen LogP contribution is -2.30. The van der Waals surface area contributed by atoms with Gasteiger partial charge in [-0.15, -0.1) is 0 Å². The number of nitrogens with zero attached hydrogens (tertiary/aromatic N) is 1. The molecule has 1 aliphatic rings. The Kier molecular flexibility index (Phi) is 5.16. The SMILES string of the molecule is COc1ccc(C(=O)N2CCCC2c2ccccc2)cc1OC(F)F. The minimum absolute atomic E-state index is 0.00438. The number of likely N-dealkylation sites (tertiary alicyclic amines) is 1. The highest BCUT2D eigenvalue weighted by Gasteiger charge is 2.31. The molecule has 0 spiro atoms. The van der Waals surface area contributed by atoms with Crippen LogP contribution in [0.25, 0.3) is 0 Å². The van der Waals surface area contributed by atoms with Crippen molar-refractivity contribution in [3.8, 4) is 11.5 Å². The minimum Gasteiger partial charge on any atom is -0.493 e. The Morgan fingerprint density at radius 1 is 1.16 bits per heavy atom. The van der Waals surface area contributed by atoms with Crippen molar-refractivity contribution in [1.29, 1.82) is 0 Å². The standard InChI is InChI=1S/C19H19F2NO3/c1-24-16-10-9-14(12-17(16)25-19(20)21)18(23)22-11-5-8-15(22)13-6-3-2-4-7-13/h2-4,6-7,9-10,12,15,19H,5,8,11H2,1H3. The van der Waals surface area contributed by atoms with Gasteiger partial charge in [0.15, 0.2) is 11.5 Å². The fraction of sp³-hybridized carbons (Fsp3) is 0.316. The summed E-state index contributed by atoms with van der Waals surface area (Å²) in [6, 6.07) is 14.2. The number of halogens is 2. The van der Waals surface area contributed by atoms with Gasteiger partial charge in [0.25, 0.3) is 5.91 Å². The maximum Gasteiger partial charge on any atom is 0.387 e. The predicted octanol–water partition coefficient (Wildman–Crippen LogP) is 4.27. The topological polar surface area (TPSA) is 38.8 Å². The van der Waals surface area contributed by atoms with Crippen molar-refractivity contribution >= 4 is 5.91 Å². The second-order valence-electron chi connectivity index (χ2n) is 5.81. The number of carbonyl (C=O) groups is 1. The lowest BCUT2D eigenvalue weighted by atomic mass is 10.0. The Labute approximate surface area is 145 Å². The highest BCUT2D eigenvalue weighted by molar-refractivity contribution is 5.95. The molecule has 0 N–H and O–H groups in total. The highest BCUT2D eigenvalue weighted by Crippen LogP contribution is 2.35. The number of ether oxygens (including phenoxy) is 2. The maximum absolute atomic E-state index is 12.9. The second-order valence-corrected chi connectivity index (χ2v) is 5.81. The zero-order valence-electron chi connectivity index (χ0n) is 13.8. The first-order chi connectivity index (χ1) is 12.1. The van der Waals surface area contributed by atoms with E-state index in [-0.39, 0.29) is 23.4 Å². The first-order valence-corrected chi connectivity index (χ1v) is 8.09. The van der Waals surface area contributed by atoms with E-state index < -0.39 is 6.61 Å². The summed E-state index contributed by atoms with van der Waals surface area (Å²) < 4.78 is 34.6. The van der Waals surface area contributed by atoms with Crippen molar-refractivity contribution in [2.24, 2.45) is 0 Å². The molecule has 6 heteroatoms. The summed E-state index contributed by atoms with van der Waals surface area (Å²) in [7, 11) is 1.36. The molecule has 1 fully saturated rings. The number of amides is 1. The molecule has 1 heterocycles. The fourth-order valence-electron chi connectivity index (χ4n) is 3.20. The number of rotatable bonds is 5. The van der Waals surface area contributed by atoms with E-state index in [1.165, 1.54) is 19.2 Å². The molecule has 0 aromatic heterocycles. The van der Waals surface area contributed by atoms with Crippen LogP contribution in [0.2, 0.25) is 0 Å². The van der Waals surface area contributed by atoms with Crippen molar-refractivity contribution < 1.29 is 23.0 Å². The van der Waals surface area contributed by atoms with Crippen LogP contribution in [0.15, 0.2) is 48.5 Å². The van der Waals surface area contributed by atoms with Crippen LogP contribution in [0.4, 0.5) is 8.78 Å². The second kappa shape index (κ2) is 7.51. The lowest BCUT2D eigenvalue weighted by molar-refractivity contribution is -0.0512. The van der Waals surface area contributed by atoms with Gasteiger partial charge >= 0.3 is 6.61 Å². The highest BCUT2D eigenvalue weighted by atomic mass is 19.3. The maximum atomic E-state index is 12.9. The number of alkyl halides is 2. The molecule has 0 saturated carbocycles. The van der Waals surface area contributed by atoms with Gasteiger partial charge in [-0.2, -0.15) is 8.78 Å². The molecule has 0 bridgehead atoms. The van der Waals surface area contributed by atoms with Crippen LogP contribution in [-0.2, 0) is 0 Å². The molecule has 25 heavy (non-hydrogen) atoms. The number of hydrogen-bond acceptors (Lipinski definition) is 3. The van der Waals surface area contributed by atoms with Crippen molar-refractivity contribution in [2.75, 3.05) is 13.7 Å². The quantitative estimate of drug-likeness (QED) is 0.811. The predicted molar refractivity (Wildman–Crippen MR) is 89.1 cm³/mol. The minimum atomic E-state index is -2.98. The van der Waals surface area contributed by atoms with E-state index in [0.717, 1.165) is 18.4 Å². The Morgan fingerprint density at radius 3 is 2.60 bits per heavy atom. The van der Waals surface area contributed by atoms with Crippen LogP contribution >= 0.6 is 0 Å². The molecule has 132 valence electrons.